The van der Waals surface area contributed by atoms with Crippen LogP contribution in [-0.2, 0) is 4.79 Å². The van der Waals surface area contributed by atoms with Gasteiger partial charge in [-0.15, -0.1) is 0 Å². The summed E-state index contributed by atoms with van der Waals surface area (Å²) in [5.41, 5.74) is 6.83. The number of aryl methyl sites for hydroxylation is 1. The van der Waals surface area contributed by atoms with Gasteiger partial charge in [-0.3, -0.25) is 9.97 Å². The fourth-order valence-corrected chi connectivity index (χ4v) is 3.88. The fraction of sp³-hybridized carbons (Fsp3) is 0.115. The zero-order valence-electron chi connectivity index (χ0n) is 18.7. The molecule has 0 radical (unpaired) electrons. The van der Waals surface area contributed by atoms with E-state index < -0.39 is 6.04 Å². The SMILES string of the molecule is COc1cncc(-c2cc3c(c(Nc4ccc(-c5ccnc(C)c5)cc4)n2)C(C=O)NC=C3)n1. The first-order chi connectivity index (χ1) is 16.6. The van der Waals surface area contributed by atoms with Crippen LogP contribution in [0.4, 0.5) is 11.5 Å². The number of pyridine rings is 2. The molecule has 0 aliphatic carbocycles. The Bertz CT molecular complexity index is 1380. The Hall–Kier alpha value is -4.59. The zero-order valence-corrected chi connectivity index (χ0v) is 18.7. The summed E-state index contributed by atoms with van der Waals surface area (Å²) >= 11 is 0. The van der Waals surface area contributed by atoms with Crippen LogP contribution in [0.5, 0.6) is 5.88 Å². The smallest absolute Gasteiger partial charge is 0.232 e. The number of hydrogen-bond donors (Lipinski definition) is 2. The quantitative estimate of drug-likeness (QED) is 0.415. The van der Waals surface area contributed by atoms with Crippen molar-refractivity contribution in [1.29, 1.82) is 0 Å². The number of anilines is 2. The molecule has 0 amide bonds. The standard InChI is InChI=1S/C26H22N6O2/c1-16-11-18(7-9-28-16)17-3-5-20(6-4-17)30-26-25-19(8-10-29-23(25)15-33)12-21(32-26)22-13-27-14-24(31-22)34-2/h3-15,23,29H,1-2H3,(H,30,32). The molecule has 4 aromatic rings. The number of hydrogen-bond acceptors (Lipinski definition) is 8. The molecule has 1 aromatic carbocycles. The lowest BCUT2D eigenvalue weighted by Crippen LogP contribution is -2.22. The van der Waals surface area contributed by atoms with Gasteiger partial charge in [0.1, 0.15) is 23.8 Å². The van der Waals surface area contributed by atoms with Gasteiger partial charge >= 0.3 is 0 Å². The summed E-state index contributed by atoms with van der Waals surface area (Å²) < 4.78 is 5.21. The second-order valence-electron chi connectivity index (χ2n) is 7.81. The highest BCUT2D eigenvalue weighted by molar-refractivity contribution is 5.80. The van der Waals surface area contributed by atoms with E-state index >= 15 is 0 Å². The van der Waals surface area contributed by atoms with Crippen LogP contribution in [0.15, 0.2) is 67.3 Å². The van der Waals surface area contributed by atoms with Crippen LogP contribution < -0.4 is 15.4 Å². The van der Waals surface area contributed by atoms with E-state index in [1.807, 2.05) is 55.5 Å². The monoisotopic (exact) mass is 450 g/mol. The average Bonchev–Trinajstić information content (AvgIpc) is 2.88. The molecule has 1 unspecified atom stereocenters. The van der Waals surface area contributed by atoms with Crippen LogP contribution in [0.2, 0.25) is 0 Å². The lowest BCUT2D eigenvalue weighted by Gasteiger charge is -2.23. The van der Waals surface area contributed by atoms with Gasteiger partial charge in [-0.25, -0.2) is 9.97 Å². The maximum Gasteiger partial charge on any atom is 0.232 e. The van der Waals surface area contributed by atoms with Crippen molar-refractivity contribution in [3.05, 3.63) is 84.1 Å². The lowest BCUT2D eigenvalue weighted by molar-refractivity contribution is -0.109. The molecule has 0 saturated heterocycles. The molecule has 1 atom stereocenters. The molecule has 34 heavy (non-hydrogen) atoms. The van der Waals surface area contributed by atoms with Crippen molar-refractivity contribution < 1.29 is 9.53 Å². The minimum absolute atomic E-state index is 0.399. The van der Waals surface area contributed by atoms with Gasteiger partial charge in [0.25, 0.3) is 0 Å². The Morgan fingerprint density at radius 1 is 1.03 bits per heavy atom. The van der Waals surface area contributed by atoms with Crippen molar-refractivity contribution in [2.75, 3.05) is 12.4 Å². The number of rotatable bonds is 6. The summed E-state index contributed by atoms with van der Waals surface area (Å²) in [5.74, 6) is 0.968. The number of carbonyl (C=O) groups is 1. The van der Waals surface area contributed by atoms with Gasteiger partial charge in [-0.05, 0) is 66.2 Å². The van der Waals surface area contributed by atoms with E-state index in [0.717, 1.165) is 39.9 Å². The van der Waals surface area contributed by atoms with Crippen molar-refractivity contribution in [2.24, 2.45) is 0 Å². The molecule has 3 aromatic heterocycles. The molecule has 0 fully saturated rings. The number of benzene rings is 1. The topological polar surface area (TPSA) is 102 Å². The molecule has 1 aliphatic rings. The molecule has 8 heteroatoms. The number of nitrogens with zero attached hydrogens (tertiary/aromatic N) is 4. The Labute approximate surface area is 196 Å². The number of aldehydes is 1. The van der Waals surface area contributed by atoms with Gasteiger partial charge in [0.2, 0.25) is 5.88 Å². The summed E-state index contributed by atoms with van der Waals surface area (Å²) in [4.78, 5) is 29.5. The molecule has 1 aliphatic heterocycles. The van der Waals surface area contributed by atoms with Gasteiger partial charge in [-0.1, -0.05) is 12.1 Å². The van der Waals surface area contributed by atoms with Crippen molar-refractivity contribution in [3.63, 3.8) is 0 Å². The maximum absolute atomic E-state index is 11.8. The van der Waals surface area contributed by atoms with Crippen LogP contribution in [0.25, 0.3) is 28.6 Å². The first-order valence-electron chi connectivity index (χ1n) is 10.7. The van der Waals surface area contributed by atoms with E-state index in [0.29, 0.717) is 23.1 Å². The van der Waals surface area contributed by atoms with Crippen molar-refractivity contribution in [2.45, 2.75) is 13.0 Å². The molecule has 0 bridgehead atoms. The van der Waals surface area contributed by atoms with Crippen molar-refractivity contribution in [3.8, 4) is 28.4 Å². The number of fused-ring (bicyclic) bond motifs is 1. The van der Waals surface area contributed by atoms with Crippen LogP contribution >= 0.6 is 0 Å². The largest absolute Gasteiger partial charge is 0.480 e. The number of ether oxygens (including phenoxy) is 1. The van der Waals surface area contributed by atoms with E-state index in [-0.39, 0.29) is 0 Å². The van der Waals surface area contributed by atoms with E-state index in [4.69, 9.17) is 9.72 Å². The third-order valence-corrected chi connectivity index (χ3v) is 5.54. The predicted octanol–water partition coefficient (Wildman–Crippen LogP) is 4.48. The summed E-state index contributed by atoms with van der Waals surface area (Å²) in [5, 5.41) is 6.47. The molecular weight excluding hydrogens is 428 g/mol. The van der Waals surface area contributed by atoms with Gasteiger partial charge in [0.05, 0.1) is 25.2 Å². The lowest BCUT2D eigenvalue weighted by atomic mass is 9.97. The summed E-state index contributed by atoms with van der Waals surface area (Å²) in [7, 11) is 1.54. The summed E-state index contributed by atoms with van der Waals surface area (Å²) in [6.45, 7) is 1.97. The second kappa shape index (κ2) is 9.11. The van der Waals surface area contributed by atoms with Gasteiger partial charge in [0.15, 0.2) is 0 Å². The molecular formula is C26H22N6O2. The summed E-state index contributed by atoms with van der Waals surface area (Å²) in [6, 6.07) is 13.5. The predicted molar refractivity (Wildman–Crippen MR) is 130 cm³/mol. The highest BCUT2D eigenvalue weighted by Gasteiger charge is 2.23. The molecule has 0 saturated carbocycles. The van der Waals surface area contributed by atoms with Gasteiger partial charge in [0, 0.05) is 23.1 Å². The van der Waals surface area contributed by atoms with Gasteiger partial charge < -0.3 is 20.2 Å². The first-order valence-corrected chi connectivity index (χ1v) is 10.7. The minimum Gasteiger partial charge on any atom is -0.480 e. The normalized spacial score (nSPS) is 14.1. The highest BCUT2D eigenvalue weighted by Crippen LogP contribution is 2.34. The Morgan fingerprint density at radius 3 is 2.65 bits per heavy atom. The number of nitrogens with one attached hydrogen (secondary N) is 2. The van der Waals surface area contributed by atoms with Crippen molar-refractivity contribution >= 4 is 23.9 Å². The van der Waals surface area contributed by atoms with Crippen LogP contribution in [0.1, 0.15) is 22.9 Å². The average molecular weight is 451 g/mol. The number of aromatic nitrogens is 4. The van der Waals surface area contributed by atoms with E-state index in [1.54, 1.807) is 31.9 Å². The first kappa shape index (κ1) is 21.3. The summed E-state index contributed by atoms with van der Waals surface area (Å²) in [6.07, 6.45) is 9.52. The molecule has 2 N–H and O–H groups in total. The maximum atomic E-state index is 11.8. The van der Waals surface area contributed by atoms with Crippen LogP contribution in [0, 0.1) is 6.92 Å². The molecule has 0 spiro atoms. The Balaban J connectivity index is 1.54. The third-order valence-electron chi connectivity index (χ3n) is 5.54. The van der Waals surface area contributed by atoms with E-state index in [2.05, 4.69) is 25.6 Å². The van der Waals surface area contributed by atoms with Crippen LogP contribution in [0.3, 0.4) is 0 Å². The number of methoxy groups -OCH3 is 1. The Kier molecular flexibility index (Phi) is 5.70. The van der Waals surface area contributed by atoms with E-state index in [1.165, 1.54) is 0 Å². The van der Waals surface area contributed by atoms with E-state index in [9.17, 15) is 4.79 Å². The molecule has 4 heterocycles. The fourth-order valence-electron chi connectivity index (χ4n) is 3.88. The minimum atomic E-state index is -0.514. The molecule has 168 valence electrons. The highest BCUT2D eigenvalue weighted by atomic mass is 16.5. The van der Waals surface area contributed by atoms with Crippen LogP contribution in [-0.4, -0.2) is 33.3 Å². The van der Waals surface area contributed by atoms with Gasteiger partial charge in [-0.2, -0.15) is 0 Å². The number of carbonyl (C=O) groups excluding carboxylic acids is 1. The van der Waals surface area contributed by atoms with Crippen molar-refractivity contribution in [1.82, 2.24) is 25.3 Å². The Morgan fingerprint density at radius 2 is 1.88 bits per heavy atom. The molecule has 5 rings (SSSR count). The molecule has 8 nitrogen and oxygen atoms in total. The zero-order chi connectivity index (χ0) is 23.5. The third kappa shape index (κ3) is 4.21. The second-order valence-corrected chi connectivity index (χ2v) is 7.81.